The molecule has 0 bridgehead atoms. The molecule has 3 nitrogen and oxygen atoms in total. The molecule has 1 aliphatic rings. The smallest absolute Gasteiger partial charge is 0.222 e. The van der Waals surface area contributed by atoms with E-state index in [-0.39, 0.29) is 0 Å². The van der Waals surface area contributed by atoms with Crippen LogP contribution in [0.3, 0.4) is 0 Å². The molecule has 1 fully saturated rings. The molecule has 4 heteroatoms. The Bertz CT molecular complexity index is 291. The Labute approximate surface area is 95.3 Å². The number of alkyl halides is 1. The van der Waals surface area contributed by atoms with Crippen LogP contribution in [0.1, 0.15) is 25.7 Å². The molecule has 2 atom stereocenters. The molecule has 15 heavy (non-hydrogen) atoms. The summed E-state index contributed by atoms with van der Waals surface area (Å²) in [6.07, 6.45) is 8.41. The van der Waals surface area contributed by atoms with Crippen molar-refractivity contribution < 1.29 is 0 Å². The second-order valence-electron chi connectivity index (χ2n) is 4.01. The third-order valence-corrected chi connectivity index (χ3v) is 3.48. The van der Waals surface area contributed by atoms with Crippen LogP contribution in [-0.4, -0.2) is 21.9 Å². The zero-order chi connectivity index (χ0) is 10.5. The lowest BCUT2D eigenvalue weighted by atomic mass is 9.89. The van der Waals surface area contributed by atoms with Crippen molar-refractivity contribution in [2.24, 2.45) is 5.92 Å². The predicted molar refractivity (Wildman–Crippen MR) is 62.1 cm³/mol. The van der Waals surface area contributed by atoms with E-state index in [4.69, 9.17) is 11.6 Å². The Morgan fingerprint density at radius 3 is 2.73 bits per heavy atom. The molecule has 0 aromatic carbocycles. The molecule has 0 amide bonds. The summed E-state index contributed by atoms with van der Waals surface area (Å²) in [5, 5.41) is 3.55. The van der Waals surface area contributed by atoms with Crippen LogP contribution in [-0.2, 0) is 0 Å². The van der Waals surface area contributed by atoms with Crippen molar-refractivity contribution in [1.29, 1.82) is 0 Å². The van der Waals surface area contributed by atoms with Gasteiger partial charge in [-0.25, -0.2) is 9.97 Å². The number of aromatic nitrogens is 2. The Hall–Kier alpha value is -0.830. The summed E-state index contributed by atoms with van der Waals surface area (Å²) >= 11 is 6.27. The number of nitrogens with one attached hydrogen (secondary N) is 1. The number of hydrogen-bond acceptors (Lipinski definition) is 3. The third kappa shape index (κ3) is 3.06. The summed E-state index contributed by atoms with van der Waals surface area (Å²) in [5.41, 5.74) is 0. The van der Waals surface area contributed by atoms with Gasteiger partial charge in [0.05, 0.1) is 0 Å². The van der Waals surface area contributed by atoms with Gasteiger partial charge in [-0.15, -0.1) is 11.6 Å². The van der Waals surface area contributed by atoms with Crippen LogP contribution >= 0.6 is 11.6 Å². The van der Waals surface area contributed by atoms with Crippen LogP contribution in [0.25, 0.3) is 0 Å². The molecule has 0 aliphatic heterocycles. The van der Waals surface area contributed by atoms with Crippen molar-refractivity contribution in [3.05, 3.63) is 18.5 Å². The summed E-state index contributed by atoms with van der Waals surface area (Å²) < 4.78 is 0. The Morgan fingerprint density at radius 1 is 1.27 bits per heavy atom. The lowest BCUT2D eigenvalue weighted by Gasteiger charge is -2.26. The Morgan fingerprint density at radius 2 is 2.00 bits per heavy atom. The van der Waals surface area contributed by atoms with E-state index in [1.165, 1.54) is 19.3 Å². The second kappa shape index (κ2) is 5.31. The van der Waals surface area contributed by atoms with Crippen LogP contribution in [0.4, 0.5) is 5.95 Å². The molecule has 82 valence electrons. The van der Waals surface area contributed by atoms with Crippen molar-refractivity contribution in [2.45, 2.75) is 31.1 Å². The highest BCUT2D eigenvalue weighted by atomic mass is 35.5. The minimum Gasteiger partial charge on any atom is -0.354 e. The molecule has 0 radical (unpaired) electrons. The maximum absolute atomic E-state index is 6.27. The summed E-state index contributed by atoms with van der Waals surface area (Å²) in [4.78, 5) is 8.25. The van der Waals surface area contributed by atoms with Crippen LogP contribution in [0.2, 0.25) is 0 Å². The average Bonchev–Trinajstić information content (AvgIpc) is 2.29. The highest BCUT2D eigenvalue weighted by Crippen LogP contribution is 2.28. The fraction of sp³-hybridized carbons (Fsp3) is 0.636. The van der Waals surface area contributed by atoms with Crippen LogP contribution in [0.15, 0.2) is 18.5 Å². The normalized spacial score (nSPS) is 26.2. The first-order chi connectivity index (χ1) is 7.36. The maximum Gasteiger partial charge on any atom is 0.222 e. The fourth-order valence-corrected chi connectivity index (χ4v) is 2.37. The summed E-state index contributed by atoms with van der Waals surface area (Å²) in [5.74, 6) is 1.26. The third-order valence-electron chi connectivity index (χ3n) is 2.90. The lowest BCUT2D eigenvalue weighted by molar-refractivity contribution is 0.380. The highest BCUT2D eigenvalue weighted by Gasteiger charge is 2.22. The van der Waals surface area contributed by atoms with Crippen molar-refractivity contribution in [3.8, 4) is 0 Å². The average molecular weight is 226 g/mol. The molecular formula is C11H16ClN3. The van der Waals surface area contributed by atoms with Crippen LogP contribution < -0.4 is 5.32 Å². The van der Waals surface area contributed by atoms with Gasteiger partial charge in [0.15, 0.2) is 0 Å². The Balaban J connectivity index is 1.82. The molecule has 1 heterocycles. The number of rotatable bonds is 3. The van der Waals surface area contributed by atoms with Gasteiger partial charge < -0.3 is 5.32 Å². The summed E-state index contributed by atoms with van der Waals surface area (Å²) in [6.45, 7) is 0.887. The van der Waals surface area contributed by atoms with Gasteiger partial charge in [0.25, 0.3) is 0 Å². The summed E-state index contributed by atoms with van der Waals surface area (Å²) in [6, 6.07) is 1.82. The van der Waals surface area contributed by atoms with Crippen molar-refractivity contribution >= 4 is 17.5 Å². The SMILES string of the molecule is ClC1CCCCC1CNc1ncccn1. The number of hydrogen-bond donors (Lipinski definition) is 1. The van der Waals surface area contributed by atoms with Gasteiger partial charge in [0.1, 0.15) is 0 Å². The van der Waals surface area contributed by atoms with E-state index < -0.39 is 0 Å². The van der Waals surface area contributed by atoms with E-state index >= 15 is 0 Å². The molecular weight excluding hydrogens is 210 g/mol. The first-order valence-electron chi connectivity index (χ1n) is 5.51. The minimum absolute atomic E-state index is 0.315. The molecule has 1 saturated carbocycles. The summed E-state index contributed by atoms with van der Waals surface area (Å²) in [7, 11) is 0. The van der Waals surface area contributed by atoms with E-state index in [0.29, 0.717) is 17.2 Å². The van der Waals surface area contributed by atoms with Gasteiger partial charge in [-0.05, 0) is 24.8 Å². The standard InChI is InChI=1S/C11H16ClN3/c12-10-5-2-1-4-9(10)8-15-11-13-6-3-7-14-11/h3,6-7,9-10H,1-2,4-5,8H2,(H,13,14,15). The molecule has 0 spiro atoms. The minimum atomic E-state index is 0.315. The highest BCUT2D eigenvalue weighted by molar-refractivity contribution is 6.20. The van der Waals surface area contributed by atoms with Gasteiger partial charge in [-0.1, -0.05) is 12.8 Å². The number of anilines is 1. The maximum atomic E-state index is 6.27. The fourth-order valence-electron chi connectivity index (χ4n) is 2.01. The quantitative estimate of drug-likeness (QED) is 0.804. The van der Waals surface area contributed by atoms with E-state index in [0.717, 1.165) is 13.0 Å². The lowest BCUT2D eigenvalue weighted by Crippen LogP contribution is -2.27. The molecule has 1 N–H and O–H groups in total. The van der Waals surface area contributed by atoms with Gasteiger partial charge in [0, 0.05) is 24.3 Å². The van der Waals surface area contributed by atoms with Gasteiger partial charge in [0.2, 0.25) is 5.95 Å². The monoisotopic (exact) mass is 225 g/mol. The molecule has 2 rings (SSSR count). The topological polar surface area (TPSA) is 37.8 Å². The van der Waals surface area contributed by atoms with E-state index in [1.807, 2.05) is 6.07 Å². The predicted octanol–water partition coefficient (Wildman–Crippen LogP) is 2.69. The molecule has 1 aliphatic carbocycles. The second-order valence-corrected chi connectivity index (χ2v) is 4.57. The van der Waals surface area contributed by atoms with Crippen molar-refractivity contribution in [2.75, 3.05) is 11.9 Å². The largest absolute Gasteiger partial charge is 0.354 e. The van der Waals surface area contributed by atoms with Gasteiger partial charge >= 0.3 is 0 Å². The molecule has 1 aromatic rings. The number of halogens is 1. The Kier molecular flexibility index (Phi) is 3.78. The van der Waals surface area contributed by atoms with Crippen molar-refractivity contribution in [1.82, 2.24) is 9.97 Å². The van der Waals surface area contributed by atoms with Gasteiger partial charge in [-0.2, -0.15) is 0 Å². The molecule has 2 unspecified atom stereocenters. The van der Waals surface area contributed by atoms with E-state index in [9.17, 15) is 0 Å². The van der Waals surface area contributed by atoms with Gasteiger partial charge in [-0.3, -0.25) is 0 Å². The zero-order valence-corrected chi connectivity index (χ0v) is 9.45. The van der Waals surface area contributed by atoms with Crippen LogP contribution in [0.5, 0.6) is 0 Å². The van der Waals surface area contributed by atoms with Crippen LogP contribution in [0, 0.1) is 5.92 Å². The molecule has 1 aromatic heterocycles. The first-order valence-corrected chi connectivity index (χ1v) is 5.95. The molecule has 0 saturated heterocycles. The first kappa shape index (κ1) is 10.7. The zero-order valence-electron chi connectivity index (χ0n) is 8.69. The van der Waals surface area contributed by atoms with E-state index in [2.05, 4.69) is 15.3 Å². The van der Waals surface area contributed by atoms with E-state index in [1.54, 1.807) is 12.4 Å². The van der Waals surface area contributed by atoms with Crippen molar-refractivity contribution in [3.63, 3.8) is 0 Å². The number of nitrogens with zero attached hydrogens (tertiary/aromatic N) is 2.